The van der Waals surface area contributed by atoms with Crippen LogP contribution in [0.15, 0.2) is 47.4 Å². The van der Waals surface area contributed by atoms with Crippen molar-refractivity contribution in [2.45, 2.75) is 6.54 Å². The number of H-pyrrole nitrogens is 1. The zero-order valence-corrected chi connectivity index (χ0v) is 15.3. The lowest BCUT2D eigenvalue weighted by Crippen LogP contribution is -2.32. The van der Waals surface area contributed by atoms with Crippen molar-refractivity contribution in [3.63, 3.8) is 0 Å². The Hall–Kier alpha value is -2.33. The summed E-state index contributed by atoms with van der Waals surface area (Å²) < 4.78 is 38.0. The van der Waals surface area contributed by atoms with Gasteiger partial charge in [-0.25, -0.2) is 14.5 Å². The number of nitrogens with zero attached hydrogens (tertiary/aromatic N) is 2. The zero-order chi connectivity index (χ0) is 18.2. The number of nitrogens with one attached hydrogen (secondary N) is 1. The summed E-state index contributed by atoms with van der Waals surface area (Å²) in [7, 11) is -2.53. The summed E-state index contributed by atoms with van der Waals surface area (Å²) in [5.41, 5.74) is 1.43. The molecule has 0 saturated carbocycles. The van der Waals surface area contributed by atoms with Gasteiger partial charge in [0.15, 0.2) is 0 Å². The molecular formula is C16H16ClFN4O3S. The number of hydrogen-bond acceptors (Lipinski definition) is 4. The number of halogens is 2. The zero-order valence-electron chi connectivity index (χ0n) is 13.6. The molecule has 0 aliphatic rings. The number of aromatic amines is 1. The maximum absolute atomic E-state index is 14.6. The van der Waals surface area contributed by atoms with E-state index in [9.17, 15) is 17.6 Å². The maximum atomic E-state index is 14.6. The van der Waals surface area contributed by atoms with Gasteiger partial charge in [-0.1, -0.05) is 12.1 Å². The third kappa shape index (κ3) is 4.07. The van der Waals surface area contributed by atoms with E-state index in [1.807, 2.05) is 0 Å². The lowest BCUT2D eigenvalue weighted by atomic mass is 10.0. The van der Waals surface area contributed by atoms with Crippen molar-refractivity contribution in [3.05, 3.63) is 64.3 Å². The van der Waals surface area contributed by atoms with Crippen LogP contribution in [0.1, 0.15) is 5.56 Å². The first kappa shape index (κ1) is 20.0. The van der Waals surface area contributed by atoms with E-state index >= 15 is 0 Å². The number of benzene rings is 1. The lowest BCUT2D eigenvalue weighted by molar-refractivity contribution is 0.466. The van der Waals surface area contributed by atoms with Gasteiger partial charge in [-0.15, -0.1) is 12.4 Å². The summed E-state index contributed by atoms with van der Waals surface area (Å²) in [6.07, 6.45) is 1.48. The van der Waals surface area contributed by atoms with Crippen LogP contribution in [0.25, 0.3) is 22.2 Å². The van der Waals surface area contributed by atoms with Crippen molar-refractivity contribution in [1.82, 2.24) is 14.3 Å². The Bertz CT molecular complexity index is 1120. The van der Waals surface area contributed by atoms with Crippen LogP contribution >= 0.6 is 12.4 Å². The van der Waals surface area contributed by atoms with Gasteiger partial charge in [0.1, 0.15) is 11.5 Å². The van der Waals surface area contributed by atoms with Gasteiger partial charge in [0.25, 0.3) is 10.2 Å². The number of aromatic nitrogens is 2. The second-order valence-electron chi connectivity index (χ2n) is 5.56. The third-order valence-electron chi connectivity index (χ3n) is 3.80. The van der Waals surface area contributed by atoms with Gasteiger partial charge < -0.3 is 4.98 Å². The Kier molecular flexibility index (Phi) is 5.77. The van der Waals surface area contributed by atoms with Gasteiger partial charge in [0.05, 0.1) is 0 Å². The van der Waals surface area contributed by atoms with Crippen molar-refractivity contribution in [2.24, 2.45) is 5.14 Å². The molecule has 0 spiro atoms. The Balaban J connectivity index is 0.00000243. The van der Waals surface area contributed by atoms with Crippen LogP contribution in [0.4, 0.5) is 4.39 Å². The fraction of sp³-hybridized carbons (Fsp3) is 0.125. The van der Waals surface area contributed by atoms with Crippen molar-refractivity contribution in [3.8, 4) is 11.1 Å². The number of rotatable bonds is 4. The van der Waals surface area contributed by atoms with Crippen LogP contribution < -0.4 is 10.7 Å². The second-order valence-corrected chi connectivity index (χ2v) is 7.21. The average Bonchev–Trinajstić information content (AvgIpc) is 2.53. The number of fused-ring (bicyclic) bond motifs is 1. The number of nitrogens with two attached hydrogens (primary N) is 1. The molecule has 2 aromatic heterocycles. The van der Waals surface area contributed by atoms with Gasteiger partial charge >= 0.3 is 0 Å². The van der Waals surface area contributed by atoms with Gasteiger partial charge in [-0.05, 0) is 29.3 Å². The molecule has 3 N–H and O–H groups in total. The van der Waals surface area contributed by atoms with Crippen molar-refractivity contribution < 1.29 is 12.8 Å². The molecule has 26 heavy (non-hydrogen) atoms. The third-order valence-corrected chi connectivity index (χ3v) is 4.79. The molecule has 2 heterocycles. The minimum absolute atomic E-state index is 0. The lowest BCUT2D eigenvalue weighted by Gasteiger charge is -2.14. The van der Waals surface area contributed by atoms with E-state index in [1.165, 1.54) is 25.4 Å². The van der Waals surface area contributed by atoms with E-state index in [1.54, 1.807) is 24.3 Å². The normalized spacial score (nSPS) is 11.5. The Morgan fingerprint density at radius 1 is 1.19 bits per heavy atom. The minimum atomic E-state index is -3.84. The smallest absolute Gasteiger partial charge is 0.276 e. The molecule has 0 unspecified atom stereocenters. The maximum Gasteiger partial charge on any atom is 0.276 e. The average molecular weight is 399 g/mol. The van der Waals surface area contributed by atoms with Crippen LogP contribution in [0, 0.1) is 5.82 Å². The topological polar surface area (TPSA) is 109 Å². The highest BCUT2D eigenvalue weighted by Gasteiger charge is 2.15. The van der Waals surface area contributed by atoms with Crippen LogP contribution in [-0.4, -0.2) is 29.7 Å². The Morgan fingerprint density at radius 2 is 1.92 bits per heavy atom. The second kappa shape index (κ2) is 7.50. The van der Waals surface area contributed by atoms with E-state index in [0.29, 0.717) is 27.7 Å². The molecule has 0 radical (unpaired) electrons. The minimum Gasteiger partial charge on any atom is -0.307 e. The van der Waals surface area contributed by atoms with Gasteiger partial charge in [-0.2, -0.15) is 12.7 Å². The summed E-state index contributed by atoms with van der Waals surface area (Å²) in [5, 5.41) is 5.64. The predicted octanol–water partition coefficient (Wildman–Crippen LogP) is 1.79. The predicted molar refractivity (Wildman–Crippen MR) is 99.6 cm³/mol. The first-order chi connectivity index (χ1) is 11.8. The molecule has 0 aliphatic heterocycles. The molecule has 138 valence electrons. The highest BCUT2D eigenvalue weighted by atomic mass is 35.5. The molecule has 7 nitrogen and oxygen atoms in total. The number of hydrogen-bond donors (Lipinski definition) is 2. The largest absolute Gasteiger partial charge is 0.307 e. The number of pyridine rings is 2. The van der Waals surface area contributed by atoms with Crippen molar-refractivity contribution in [1.29, 1.82) is 0 Å². The molecule has 3 rings (SSSR count). The summed E-state index contributed by atoms with van der Waals surface area (Å²) in [4.78, 5) is 18.1. The molecule has 0 aliphatic carbocycles. The van der Waals surface area contributed by atoms with Crippen LogP contribution in [0.2, 0.25) is 0 Å². The van der Waals surface area contributed by atoms with E-state index in [-0.39, 0.29) is 24.5 Å². The first-order valence-corrected chi connectivity index (χ1v) is 8.77. The molecule has 3 aromatic rings. The van der Waals surface area contributed by atoms with Crippen molar-refractivity contribution >= 4 is 33.6 Å². The molecular weight excluding hydrogens is 383 g/mol. The molecule has 0 bridgehead atoms. The monoisotopic (exact) mass is 398 g/mol. The van der Waals surface area contributed by atoms with Crippen LogP contribution in [-0.2, 0) is 16.8 Å². The van der Waals surface area contributed by atoms with Gasteiger partial charge in [0.2, 0.25) is 5.56 Å². The van der Waals surface area contributed by atoms with E-state index in [4.69, 9.17) is 5.14 Å². The molecule has 0 atom stereocenters. The van der Waals surface area contributed by atoms with E-state index < -0.39 is 16.0 Å². The molecule has 10 heteroatoms. The van der Waals surface area contributed by atoms with E-state index in [2.05, 4.69) is 9.97 Å². The van der Waals surface area contributed by atoms with Crippen molar-refractivity contribution in [2.75, 3.05) is 7.05 Å². The van der Waals surface area contributed by atoms with Crippen LogP contribution in [0.5, 0.6) is 0 Å². The van der Waals surface area contributed by atoms with Gasteiger partial charge in [-0.3, -0.25) is 4.79 Å². The quantitative estimate of drug-likeness (QED) is 0.698. The highest BCUT2D eigenvalue weighted by molar-refractivity contribution is 7.86. The summed E-state index contributed by atoms with van der Waals surface area (Å²) in [6.45, 7) is -0.0412. The fourth-order valence-electron chi connectivity index (χ4n) is 2.52. The molecule has 0 fully saturated rings. The first-order valence-electron chi connectivity index (χ1n) is 7.26. The molecule has 0 amide bonds. The van der Waals surface area contributed by atoms with E-state index in [0.717, 1.165) is 4.31 Å². The SMILES string of the molecule is CN(Cc1ccc(-c2ccnc3[nH]c(=O)ccc23)c(F)c1)S(N)(=O)=O.Cl. The summed E-state index contributed by atoms with van der Waals surface area (Å²) in [5.74, 6) is -0.515. The standard InChI is InChI=1S/C16H15FN4O3S.ClH/c1-21(25(18,23)24)9-10-2-3-12(14(17)8-10)11-6-7-19-16-13(11)4-5-15(22)20-16;/h2-8H,9H2,1H3,(H2,18,23,24)(H,19,20,22);1H. The summed E-state index contributed by atoms with van der Waals surface area (Å²) in [6, 6.07) is 9.02. The molecule has 1 aromatic carbocycles. The highest BCUT2D eigenvalue weighted by Crippen LogP contribution is 2.29. The summed E-state index contributed by atoms with van der Waals surface area (Å²) >= 11 is 0. The van der Waals surface area contributed by atoms with Crippen LogP contribution in [0.3, 0.4) is 0 Å². The molecule has 0 saturated heterocycles. The Morgan fingerprint density at radius 3 is 2.58 bits per heavy atom. The van der Waals surface area contributed by atoms with Gasteiger partial charge in [0, 0.05) is 36.8 Å². The Labute approximate surface area is 155 Å². The fourth-order valence-corrected chi connectivity index (χ4v) is 2.85.